The van der Waals surface area contributed by atoms with Crippen LogP contribution in [-0.2, 0) is 35.5 Å². The Labute approximate surface area is 270 Å². The quantitative estimate of drug-likeness (QED) is 0.229. The van der Waals surface area contributed by atoms with Crippen molar-refractivity contribution in [2.24, 2.45) is 0 Å². The highest BCUT2D eigenvalue weighted by Crippen LogP contribution is 2.36. The molecule has 2 amide bonds. The molecule has 0 spiro atoms. The van der Waals surface area contributed by atoms with E-state index in [1.165, 1.54) is 0 Å². The summed E-state index contributed by atoms with van der Waals surface area (Å²) < 4.78 is 10.8. The van der Waals surface area contributed by atoms with Gasteiger partial charge in [-0.25, -0.2) is 9.59 Å². The molecule has 2 aliphatic heterocycles. The van der Waals surface area contributed by atoms with E-state index in [4.69, 9.17) is 9.47 Å². The number of aryl methyl sites for hydroxylation is 2. The Morgan fingerprint density at radius 3 is 1.37 bits per heavy atom. The van der Waals surface area contributed by atoms with Gasteiger partial charge in [0.1, 0.15) is 13.2 Å². The lowest BCUT2D eigenvalue weighted by atomic mass is 9.96. The van der Waals surface area contributed by atoms with E-state index < -0.39 is 12.2 Å². The smallest absolute Gasteiger partial charge is 0.414 e. The number of rotatable bonds is 6. The van der Waals surface area contributed by atoms with E-state index in [0.29, 0.717) is 25.9 Å². The minimum atomic E-state index is -0.519. The molecule has 2 aliphatic rings. The summed E-state index contributed by atoms with van der Waals surface area (Å²) in [5.74, 6) is 0. The second kappa shape index (κ2) is 15.6. The molecule has 240 valence electrons. The van der Waals surface area contributed by atoms with Crippen molar-refractivity contribution < 1.29 is 29.3 Å². The zero-order chi connectivity index (χ0) is 32.5. The van der Waals surface area contributed by atoms with Crippen LogP contribution in [0.2, 0.25) is 0 Å². The van der Waals surface area contributed by atoms with Crippen LogP contribution in [0, 0.1) is 0 Å². The molecular weight excluding hydrogens is 580 g/mol. The molecule has 0 saturated carbocycles. The van der Waals surface area contributed by atoms with Crippen LogP contribution in [0.15, 0.2) is 97.1 Å². The molecule has 8 nitrogen and oxygen atoms in total. The summed E-state index contributed by atoms with van der Waals surface area (Å²) >= 11 is 0. The summed E-state index contributed by atoms with van der Waals surface area (Å²) in [5, 5.41) is 20.4. The molecule has 0 saturated heterocycles. The number of fused-ring (bicyclic) bond motifs is 2. The minimum absolute atomic E-state index is 0.251. The lowest BCUT2D eigenvalue weighted by Gasteiger charge is -2.31. The number of hydrogen-bond donors (Lipinski definition) is 2. The van der Waals surface area contributed by atoms with Crippen LogP contribution < -0.4 is 9.80 Å². The number of aliphatic hydroxyl groups excluding tert-OH is 2. The molecule has 2 N–H and O–H groups in total. The van der Waals surface area contributed by atoms with Gasteiger partial charge in [0.05, 0.1) is 23.6 Å². The van der Waals surface area contributed by atoms with Crippen LogP contribution >= 0.6 is 0 Å². The van der Waals surface area contributed by atoms with Gasteiger partial charge in [-0.1, -0.05) is 98.8 Å². The van der Waals surface area contributed by atoms with Crippen molar-refractivity contribution in [3.05, 3.63) is 130 Å². The van der Waals surface area contributed by atoms with Crippen LogP contribution in [0.4, 0.5) is 21.0 Å². The van der Waals surface area contributed by atoms with Gasteiger partial charge < -0.3 is 19.7 Å². The van der Waals surface area contributed by atoms with Crippen LogP contribution in [-0.4, -0.2) is 35.5 Å². The SMILES string of the molecule is CCc1ccc2c(c1)C(O)CCN2C(=O)OCc1ccccc1.CCc1ccc2c(c1)C(O)CCN2C(=O)OCc1ccccc1. The number of hydrogen-bond acceptors (Lipinski definition) is 6. The molecule has 46 heavy (non-hydrogen) atoms. The Bertz CT molecular complexity index is 1490. The molecule has 6 rings (SSSR count). The molecule has 0 fully saturated rings. The monoisotopic (exact) mass is 622 g/mol. The number of anilines is 2. The van der Waals surface area contributed by atoms with Gasteiger partial charge in [0.25, 0.3) is 0 Å². The third-order valence-corrected chi connectivity index (χ3v) is 8.40. The first-order chi connectivity index (χ1) is 22.4. The van der Waals surface area contributed by atoms with E-state index in [2.05, 4.69) is 13.8 Å². The fourth-order valence-corrected chi connectivity index (χ4v) is 5.70. The van der Waals surface area contributed by atoms with Crippen molar-refractivity contribution >= 4 is 23.6 Å². The van der Waals surface area contributed by atoms with E-state index in [1.54, 1.807) is 9.80 Å². The standard InChI is InChI=1S/2C19H21NO3/c2*1-2-14-8-9-17-16(12-14)18(21)10-11-20(17)19(22)23-13-15-6-4-3-5-7-15/h2*3-9,12,18,21H,2,10-11,13H2,1H3. The molecule has 0 bridgehead atoms. The van der Waals surface area contributed by atoms with Gasteiger partial charge >= 0.3 is 12.2 Å². The zero-order valence-electron chi connectivity index (χ0n) is 26.5. The lowest BCUT2D eigenvalue weighted by Crippen LogP contribution is -2.37. The molecule has 4 aromatic rings. The van der Waals surface area contributed by atoms with Gasteiger partial charge in [0, 0.05) is 24.2 Å². The maximum atomic E-state index is 12.4. The van der Waals surface area contributed by atoms with Gasteiger partial charge in [-0.15, -0.1) is 0 Å². The Kier molecular flexibility index (Phi) is 11.1. The van der Waals surface area contributed by atoms with Crippen LogP contribution in [0.5, 0.6) is 0 Å². The average Bonchev–Trinajstić information content (AvgIpc) is 3.11. The maximum Gasteiger partial charge on any atom is 0.414 e. The first kappa shape index (κ1) is 32.7. The predicted octanol–water partition coefficient (Wildman–Crippen LogP) is 7.66. The first-order valence-corrected chi connectivity index (χ1v) is 16.0. The first-order valence-electron chi connectivity index (χ1n) is 16.0. The number of carbonyl (C=O) groups is 2. The highest BCUT2D eigenvalue weighted by Gasteiger charge is 2.30. The summed E-state index contributed by atoms with van der Waals surface area (Å²) in [6.07, 6.45) is 1.08. The summed E-state index contributed by atoms with van der Waals surface area (Å²) in [4.78, 5) is 28.1. The van der Waals surface area contributed by atoms with E-state index in [9.17, 15) is 19.8 Å². The molecule has 0 radical (unpaired) electrons. The van der Waals surface area contributed by atoms with Gasteiger partial charge in [0.2, 0.25) is 0 Å². The van der Waals surface area contributed by atoms with Crippen LogP contribution in [0.25, 0.3) is 0 Å². The Balaban J connectivity index is 0.000000181. The molecule has 0 aromatic heterocycles. The summed E-state index contributed by atoms with van der Waals surface area (Å²) in [5.41, 5.74) is 7.35. The van der Waals surface area contributed by atoms with Crippen LogP contribution in [0.3, 0.4) is 0 Å². The number of ether oxygens (including phenoxy) is 2. The Morgan fingerprint density at radius 1 is 0.609 bits per heavy atom. The topological polar surface area (TPSA) is 99.5 Å². The van der Waals surface area contributed by atoms with Gasteiger partial charge in [-0.3, -0.25) is 9.80 Å². The third-order valence-electron chi connectivity index (χ3n) is 8.40. The second-order valence-corrected chi connectivity index (χ2v) is 11.5. The van der Waals surface area contributed by atoms with Gasteiger partial charge in [-0.05, 0) is 60.1 Å². The fourth-order valence-electron chi connectivity index (χ4n) is 5.70. The second-order valence-electron chi connectivity index (χ2n) is 11.5. The number of nitrogens with zero attached hydrogens (tertiary/aromatic N) is 2. The van der Waals surface area contributed by atoms with E-state index in [0.717, 1.165) is 57.6 Å². The molecule has 2 atom stereocenters. The van der Waals surface area contributed by atoms with E-state index in [-0.39, 0.29) is 25.4 Å². The number of aliphatic hydroxyl groups is 2. The van der Waals surface area contributed by atoms with Crippen molar-refractivity contribution in [3.63, 3.8) is 0 Å². The van der Waals surface area contributed by atoms with Gasteiger partial charge in [-0.2, -0.15) is 0 Å². The van der Waals surface area contributed by atoms with Crippen molar-refractivity contribution in [1.29, 1.82) is 0 Å². The molecule has 4 aromatic carbocycles. The van der Waals surface area contributed by atoms with Crippen molar-refractivity contribution in [2.45, 2.75) is 65.0 Å². The molecular formula is C38H42N2O6. The molecule has 0 aliphatic carbocycles. The highest BCUT2D eigenvalue weighted by atomic mass is 16.6. The highest BCUT2D eigenvalue weighted by molar-refractivity contribution is 5.90. The van der Waals surface area contributed by atoms with Crippen molar-refractivity contribution in [1.82, 2.24) is 0 Å². The van der Waals surface area contributed by atoms with E-state index >= 15 is 0 Å². The minimum Gasteiger partial charge on any atom is -0.444 e. The molecule has 2 unspecified atom stereocenters. The normalized spacial score (nSPS) is 16.8. The van der Waals surface area contributed by atoms with Crippen LogP contribution in [0.1, 0.15) is 72.3 Å². The molecule has 8 heteroatoms. The molecule has 2 heterocycles. The maximum absolute atomic E-state index is 12.4. The summed E-state index contributed by atoms with van der Waals surface area (Å²) in [6.45, 7) is 5.58. The average molecular weight is 623 g/mol. The Morgan fingerprint density at radius 2 is 1.00 bits per heavy atom. The Hall–Kier alpha value is -4.66. The zero-order valence-corrected chi connectivity index (χ0v) is 26.5. The van der Waals surface area contributed by atoms with E-state index in [1.807, 2.05) is 97.1 Å². The van der Waals surface area contributed by atoms with Crippen molar-refractivity contribution in [2.75, 3.05) is 22.9 Å². The number of amides is 2. The number of benzene rings is 4. The van der Waals surface area contributed by atoms with Crippen molar-refractivity contribution in [3.8, 4) is 0 Å². The largest absolute Gasteiger partial charge is 0.444 e. The third kappa shape index (κ3) is 7.94. The number of carbonyl (C=O) groups excluding carboxylic acids is 2. The predicted molar refractivity (Wildman–Crippen MR) is 179 cm³/mol. The van der Waals surface area contributed by atoms with Gasteiger partial charge in [0.15, 0.2) is 0 Å². The summed E-state index contributed by atoms with van der Waals surface area (Å²) in [7, 11) is 0. The lowest BCUT2D eigenvalue weighted by molar-refractivity contribution is 0.136. The summed E-state index contributed by atoms with van der Waals surface area (Å²) in [6, 6.07) is 31.0. The fraction of sp³-hybridized carbons (Fsp3) is 0.316.